The largest absolute Gasteiger partial charge is 0.493 e. The molecule has 0 N–H and O–H groups in total. The molecule has 2 aromatic carbocycles. The summed E-state index contributed by atoms with van der Waals surface area (Å²) in [4.78, 5) is 28.6. The highest BCUT2D eigenvalue weighted by molar-refractivity contribution is 6.32. The minimum Gasteiger partial charge on any atom is -0.493 e. The standard InChI is InChI=1S/C23H16ClNO6/c1-28-20-12-14(11-17-23(27)31-22(25-17)19-8-5-9-29-19)10-16(24)21(20)30-13-18(26)15-6-3-2-4-7-15/h2-12H,13H2,1H3/b17-11-. The quantitative estimate of drug-likeness (QED) is 0.306. The fourth-order valence-electron chi connectivity index (χ4n) is 2.88. The predicted molar refractivity (Wildman–Crippen MR) is 114 cm³/mol. The second-order valence-corrected chi connectivity index (χ2v) is 6.83. The summed E-state index contributed by atoms with van der Waals surface area (Å²) < 4.78 is 21.3. The maximum Gasteiger partial charge on any atom is 0.363 e. The number of esters is 1. The number of ketones is 1. The Hall–Kier alpha value is -3.84. The van der Waals surface area contributed by atoms with E-state index in [0.29, 0.717) is 22.6 Å². The molecule has 0 spiro atoms. The first-order valence-corrected chi connectivity index (χ1v) is 9.58. The van der Waals surface area contributed by atoms with Gasteiger partial charge in [0.1, 0.15) is 0 Å². The number of carbonyl (C=O) groups excluding carboxylic acids is 2. The number of cyclic esters (lactones) is 1. The highest BCUT2D eigenvalue weighted by Gasteiger charge is 2.26. The Morgan fingerprint density at radius 1 is 1.16 bits per heavy atom. The summed E-state index contributed by atoms with van der Waals surface area (Å²) in [6.07, 6.45) is 2.96. The van der Waals surface area contributed by atoms with Crippen LogP contribution in [-0.4, -0.2) is 31.4 Å². The van der Waals surface area contributed by atoms with Gasteiger partial charge in [-0.2, -0.15) is 0 Å². The van der Waals surface area contributed by atoms with Crippen molar-refractivity contribution < 1.29 is 28.2 Å². The smallest absolute Gasteiger partial charge is 0.363 e. The zero-order valence-electron chi connectivity index (χ0n) is 16.3. The van der Waals surface area contributed by atoms with E-state index in [0.717, 1.165) is 0 Å². The highest BCUT2D eigenvalue weighted by atomic mass is 35.5. The molecule has 8 heteroatoms. The Morgan fingerprint density at radius 2 is 1.97 bits per heavy atom. The van der Waals surface area contributed by atoms with Crippen LogP contribution in [0.25, 0.3) is 6.08 Å². The molecule has 4 rings (SSSR count). The molecule has 3 aromatic rings. The number of Topliss-reactive ketones (excluding diaryl/α,β-unsaturated/α-hetero) is 1. The van der Waals surface area contributed by atoms with E-state index in [4.69, 9.17) is 30.2 Å². The lowest BCUT2D eigenvalue weighted by Gasteiger charge is -2.13. The summed E-state index contributed by atoms with van der Waals surface area (Å²) in [5, 5.41) is 0.216. The summed E-state index contributed by atoms with van der Waals surface area (Å²) in [7, 11) is 1.45. The third-order valence-corrected chi connectivity index (χ3v) is 4.63. The highest BCUT2D eigenvalue weighted by Crippen LogP contribution is 2.37. The minimum absolute atomic E-state index is 0.0810. The van der Waals surface area contributed by atoms with Gasteiger partial charge in [-0.15, -0.1) is 0 Å². The summed E-state index contributed by atoms with van der Waals surface area (Å²) in [6, 6.07) is 15.3. The average molecular weight is 438 g/mol. The molecule has 31 heavy (non-hydrogen) atoms. The van der Waals surface area contributed by atoms with Gasteiger partial charge < -0.3 is 18.6 Å². The van der Waals surface area contributed by atoms with Crippen LogP contribution < -0.4 is 9.47 Å². The van der Waals surface area contributed by atoms with Crippen LogP contribution in [-0.2, 0) is 9.53 Å². The first kappa shape index (κ1) is 20.4. The summed E-state index contributed by atoms with van der Waals surface area (Å²) in [5.41, 5.74) is 1.15. The number of methoxy groups -OCH3 is 1. The van der Waals surface area contributed by atoms with E-state index in [-0.39, 0.29) is 34.8 Å². The zero-order chi connectivity index (χ0) is 21.8. The molecule has 0 aliphatic carbocycles. The molecule has 0 amide bonds. The van der Waals surface area contributed by atoms with Gasteiger partial charge in [0.15, 0.2) is 35.3 Å². The maximum atomic E-state index is 12.3. The van der Waals surface area contributed by atoms with Crippen LogP contribution in [0.1, 0.15) is 21.7 Å². The zero-order valence-corrected chi connectivity index (χ0v) is 17.1. The van der Waals surface area contributed by atoms with Crippen molar-refractivity contribution in [2.45, 2.75) is 0 Å². The molecule has 1 aromatic heterocycles. The molecule has 1 aliphatic heterocycles. The Bertz CT molecular complexity index is 1180. The maximum absolute atomic E-state index is 12.3. The number of halogens is 1. The molecule has 0 saturated carbocycles. The van der Waals surface area contributed by atoms with Gasteiger partial charge in [-0.3, -0.25) is 4.79 Å². The first-order chi connectivity index (χ1) is 15.0. The van der Waals surface area contributed by atoms with Gasteiger partial charge in [-0.25, -0.2) is 9.79 Å². The van der Waals surface area contributed by atoms with Gasteiger partial charge in [-0.1, -0.05) is 41.9 Å². The number of rotatable bonds is 7. The van der Waals surface area contributed by atoms with E-state index >= 15 is 0 Å². The molecule has 1 aliphatic rings. The van der Waals surface area contributed by atoms with Crippen molar-refractivity contribution in [1.29, 1.82) is 0 Å². The van der Waals surface area contributed by atoms with Crippen molar-refractivity contribution in [3.63, 3.8) is 0 Å². The molecule has 0 radical (unpaired) electrons. The number of hydrogen-bond donors (Lipinski definition) is 0. The second-order valence-electron chi connectivity index (χ2n) is 6.43. The number of hydrogen-bond acceptors (Lipinski definition) is 7. The monoisotopic (exact) mass is 437 g/mol. The topological polar surface area (TPSA) is 87.3 Å². The van der Waals surface area contributed by atoms with E-state index < -0.39 is 5.97 Å². The molecule has 0 unspecified atom stereocenters. The van der Waals surface area contributed by atoms with Gasteiger partial charge in [0.2, 0.25) is 0 Å². The summed E-state index contributed by atoms with van der Waals surface area (Å²) in [6.45, 7) is -0.205. The third-order valence-electron chi connectivity index (χ3n) is 4.35. The van der Waals surface area contributed by atoms with Crippen molar-refractivity contribution in [2.24, 2.45) is 4.99 Å². The van der Waals surface area contributed by atoms with Gasteiger partial charge in [0.25, 0.3) is 5.90 Å². The molecule has 156 valence electrons. The van der Waals surface area contributed by atoms with E-state index in [1.165, 1.54) is 19.4 Å². The SMILES string of the molecule is COc1cc(/C=C2\N=C(c3ccco3)OC2=O)cc(Cl)c1OCC(=O)c1ccccc1. The van der Waals surface area contributed by atoms with E-state index in [9.17, 15) is 9.59 Å². The van der Waals surface area contributed by atoms with Crippen molar-refractivity contribution in [3.8, 4) is 11.5 Å². The van der Waals surface area contributed by atoms with Crippen molar-refractivity contribution >= 4 is 35.3 Å². The van der Waals surface area contributed by atoms with Gasteiger partial charge in [0.05, 0.1) is 18.4 Å². The molecule has 0 saturated heterocycles. The van der Waals surface area contributed by atoms with Crippen molar-refractivity contribution in [3.05, 3.63) is 88.5 Å². The lowest BCUT2D eigenvalue weighted by atomic mass is 10.1. The van der Waals surface area contributed by atoms with Crippen LogP contribution in [0.2, 0.25) is 5.02 Å². The molecule has 0 atom stereocenters. The van der Waals surface area contributed by atoms with Crippen molar-refractivity contribution in [1.82, 2.24) is 0 Å². The fraction of sp³-hybridized carbons (Fsp3) is 0.0870. The molecule has 0 bridgehead atoms. The van der Waals surface area contributed by atoms with Gasteiger partial charge >= 0.3 is 5.97 Å². The Balaban J connectivity index is 1.56. The summed E-state index contributed by atoms with van der Waals surface area (Å²) in [5.74, 6) is 0.151. The lowest BCUT2D eigenvalue weighted by Crippen LogP contribution is -2.12. The number of benzene rings is 2. The van der Waals surface area contributed by atoms with Crippen LogP contribution in [0.4, 0.5) is 0 Å². The van der Waals surface area contributed by atoms with Crippen LogP contribution in [0.3, 0.4) is 0 Å². The normalized spacial score (nSPS) is 14.3. The Kier molecular flexibility index (Phi) is 5.86. The van der Waals surface area contributed by atoms with E-state index in [2.05, 4.69) is 4.99 Å². The average Bonchev–Trinajstić information content (AvgIpc) is 3.43. The van der Waals surface area contributed by atoms with E-state index in [1.807, 2.05) is 6.07 Å². The Labute approximate surface area is 182 Å². The first-order valence-electron chi connectivity index (χ1n) is 9.20. The van der Waals surface area contributed by atoms with Crippen LogP contribution in [0, 0.1) is 0 Å². The third kappa shape index (κ3) is 4.51. The fourth-order valence-corrected chi connectivity index (χ4v) is 3.15. The van der Waals surface area contributed by atoms with Gasteiger partial charge in [-0.05, 0) is 35.9 Å². The van der Waals surface area contributed by atoms with Crippen molar-refractivity contribution in [2.75, 3.05) is 13.7 Å². The number of furan rings is 1. The van der Waals surface area contributed by atoms with Gasteiger partial charge in [0, 0.05) is 5.56 Å². The van der Waals surface area contributed by atoms with Crippen LogP contribution in [0.5, 0.6) is 11.5 Å². The molecular formula is C23H16ClNO6. The number of carbonyl (C=O) groups is 2. The lowest BCUT2D eigenvalue weighted by molar-refractivity contribution is -0.130. The molecule has 7 nitrogen and oxygen atoms in total. The number of aliphatic imine (C=N–C) groups is 1. The molecular weight excluding hydrogens is 422 g/mol. The second kappa shape index (κ2) is 8.89. The molecule has 0 fully saturated rings. The number of nitrogens with zero attached hydrogens (tertiary/aromatic N) is 1. The molecule has 2 heterocycles. The number of ether oxygens (including phenoxy) is 3. The predicted octanol–water partition coefficient (Wildman–Crippen LogP) is 4.55. The Morgan fingerprint density at radius 3 is 2.68 bits per heavy atom. The van der Waals surface area contributed by atoms with E-state index in [1.54, 1.807) is 48.5 Å². The summed E-state index contributed by atoms with van der Waals surface area (Å²) >= 11 is 6.36. The van der Waals surface area contributed by atoms with Crippen LogP contribution in [0.15, 0.2) is 76.0 Å². The van der Waals surface area contributed by atoms with Crippen LogP contribution >= 0.6 is 11.6 Å². The minimum atomic E-state index is -0.615.